The summed E-state index contributed by atoms with van der Waals surface area (Å²) in [5.74, 6) is -0.930. The minimum atomic E-state index is -0.626. The zero-order valence-electron chi connectivity index (χ0n) is 13.8. The van der Waals surface area contributed by atoms with E-state index in [1.54, 1.807) is 6.07 Å². The van der Waals surface area contributed by atoms with E-state index < -0.39 is 11.9 Å². The molecule has 1 heterocycles. The Hall–Kier alpha value is -2.47. The van der Waals surface area contributed by atoms with Crippen molar-refractivity contribution < 1.29 is 9.18 Å². The first kappa shape index (κ1) is 17.0. The molecule has 0 aromatic heterocycles. The highest BCUT2D eigenvalue weighted by Crippen LogP contribution is 2.30. The van der Waals surface area contributed by atoms with E-state index >= 15 is 0 Å². The molecule has 2 atom stereocenters. The number of carbonyl (C=O) groups is 1. The summed E-state index contributed by atoms with van der Waals surface area (Å²) in [6, 6.07) is 18.3. The molecule has 3 aromatic carbocycles. The molecule has 1 amide bonds. The Kier molecular flexibility index (Phi) is 4.59. The highest BCUT2D eigenvalue weighted by atomic mass is 35.5. The van der Waals surface area contributed by atoms with Crippen LogP contribution in [0.2, 0.25) is 5.02 Å². The van der Waals surface area contributed by atoms with Crippen LogP contribution in [0, 0.1) is 5.82 Å². The fourth-order valence-corrected chi connectivity index (χ4v) is 3.48. The van der Waals surface area contributed by atoms with Gasteiger partial charge in [-0.25, -0.2) is 15.2 Å². The molecule has 0 radical (unpaired) electrons. The van der Waals surface area contributed by atoms with Gasteiger partial charge < -0.3 is 5.32 Å². The van der Waals surface area contributed by atoms with Gasteiger partial charge in [-0.15, -0.1) is 0 Å². The number of halogens is 2. The highest BCUT2D eigenvalue weighted by Gasteiger charge is 2.31. The quantitative estimate of drug-likeness (QED) is 0.649. The molecule has 4 rings (SSSR count). The van der Waals surface area contributed by atoms with Gasteiger partial charge in [0.05, 0.1) is 10.7 Å². The summed E-state index contributed by atoms with van der Waals surface area (Å²) in [6.07, 6.45) is 0.558. The number of amides is 1. The van der Waals surface area contributed by atoms with E-state index in [4.69, 9.17) is 11.6 Å². The summed E-state index contributed by atoms with van der Waals surface area (Å²) in [4.78, 5) is 12.5. The fraction of sp³-hybridized carbons (Fsp3) is 0.150. The molecular weight excluding hydrogens is 353 g/mol. The fourth-order valence-electron chi connectivity index (χ4n) is 3.31. The molecule has 3 aromatic rings. The molecule has 1 saturated heterocycles. The minimum Gasteiger partial charge on any atom is -0.322 e. The van der Waals surface area contributed by atoms with Crippen molar-refractivity contribution in [1.29, 1.82) is 0 Å². The van der Waals surface area contributed by atoms with Crippen molar-refractivity contribution in [3.8, 4) is 0 Å². The second-order valence-corrected chi connectivity index (χ2v) is 6.70. The monoisotopic (exact) mass is 369 g/mol. The van der Waals surface area contributed by atoms with Crippen molar-refractivity contribution >= 4 is 34.0 Å². The summed E-state index contributed by atoms with van der Waals surface area (Å²) in [5.41, 5.74) is 7.39. The van der Waals surface area contributed by atoms with Crippen LogP contribution in [0.15, 0.2) is 60.7 Å². The minimum absolute atomic E-state index is 0.0129. The Morgan fingerprint density at radius 3 is 2.69 bits per heavy atom. The van der Waals surface area contributed by atoms with Gasteiger partial charge in [-0.2, -0.15) is 0 Å². The van der Waals surface area contributed by atoms with Crippen LogP contribution in [0.5, 0.6) is 0 Å². The van der Waals surface area contributed by atoms with Crippen LogP contribution < -0.4 is 16.2 Å². The van der Waals surface area contributed by atoms with Gasteiger partial charge in [-0.1, -0.05) is 60.1 Å². The number of benzene rings is 3. The maximum absolute atomic E-state index is 14.0. The lowest BCUT2D eigenvalue weighted by molar-refractivity contribution is -0.117. The SMILES string of the molecule is O=C(Nc1cccc(Cl)c1F)C1CC(c2cccc3ccccc23)NN1. The maximum atomic E-state index is 14.0. The maximum Gasteiger partial charge on any atom is 0.243 e. The van der Waals surface area contributed by atoms with Gasteiger partial charge in [0.15, 0.2) is 5.82 Å². The predicted octanol–water partition coefficient (Wildman–Crippen LogP) is 4.18. The van der Waals surface area contributed by atoms with Crippen molar-refractivity contribution in [3.63, 3.8) is 0 Å². The first-order valence-electron chi connectivity index (χ1n) is 8.37. The number of carbonyl (C=O) groups excluding carboxylic acids is 1. The van der Waals surface area contributed by atoms with Gasteiger partial charge in [0.2, 0.25) is 5.91 Å². The van der Waals surface area contributed by atoms with Crippen LogP contribution in [-0.4, -0.2) is 11.9 Å². The average Bonchev–Trinajstić information content (AvgIpc) is 3.15. The molecule has 132 valence electrons. The van der Waals surface area contributed by atoms with Gasteiger partial charge >= 0.3 is 0 Å². The van der Waals surface area contributed by atoms with Crippen LogP contribution in [0.25, 0.3) is 10.8 Å². The van der Waals surface area contributed by atoms with E-state index in [0.717, 1.165) is 16.3 Å². The van der Waals surface area contributed by atoms with Crippen molar-refractivity contribution in [2.45, 2.75) is 18.5 Å². The number of rotatable bonds is 3. The third-order valence-corrected chi connectivity index (χ3v) is 4.92. The second kappa shape index (κ2) is 7.03. The Balaban J connectivity index is 1.51. The van der Waals surface area contributed by atoms with Gasteiger partial charge in [0.25, 0.3) is 0 Å². The molecular formula is C20H17ClFN3O. The zero-order valence-corrected chi connectivity index (χ0v) is 14.6. The summed E-state index contributed by atoms with van der Waals surface area (Å²) in [6.45, 7) is 0. The van der Waals surface area contributed by atoms with E-state index in [2.05, 4.69) is 40.4 Å². The molecule has 4 nitrogen and oxygen atoms in total. The number of hydrazine groups is 1. The van der Waals surface area contributed by atoms with Crippen molar-refractivity contribution in [2.75, 3.05) is 5.32 Å². The number of anilines is 1. The molecule has 0 saturated carbocycles. The molecule has 6 heteroatoms. The Labute approximate surface area is 155 Å². The zero-order chi connectivity index (χ0) is 18.1. The standard InChI is InChI=1S/C20H17ClFN3O/c21-15-9-4-10-16(19(15)22)23-20(26)18-11-17(24-25-18)14-8-3-6-12-5-1-2-7-13(12)14/h1-10,17-18,24-25H,11H2,(H,23,26). The number of fused-ring (bicyclic) bond motifs is 1. The summed E-state index contributed by atoms with van der Waals surface area (Å²) < 4.78 is 14.0. The van der Waals surface area contributed by atoms with Crippen LogP contribution in [-0.2, 0) is 4.79 Å². The molecule has 3 N–H and O–H groups in total. The van der Waals surface area contributed by atoms with Crippen LogP contribution in [0.4, 0.5) is 10.1 Å². The predicted molar refractivity (Wildman–Crippen MR) is 101 cm³/mol. The van der Waals surface area contributed by atoms with E-state index in [9.17, 15) is 9.18 Å². The first-order chi connectivity index (χ1) is 12.6. The number of hydrogen-bond donors (Lipinski definition) is 3. The lowest BCUT2D eigenvalue weighted by Crippen LogP contribution is -2.39. The molecule has 1 aliphatic heterocycles. The molecule has 1 fully saturated rings. The summed E-state index contributed by atoms with van der Waals surface area (Å²) >= 11 is 5.76. The van der Waals surface area contributed by atoms with E-state index in [-0.39, 0.29) is 22.7 Å². The summed E-state index contributed by atoms with van der Waals surface area (Å²) in [5, 5.41) is 4.88. The number of hydrogen-bond acceptors (Lipinski definition) is 3. The van der Waals surface area contributed by atoms with Gasteiger partial charge in [-0.3, -0.25) is 4.79 Å². The van der Waals surface area contributed by atoms with Crippen LogP contribution in [0.3, 0.4) is 0 Å². The largest absolute Gasteiger partial charge is 0.322 e. The summed E-state index contributed by atoms with van der Waals surface area (Å²) in [7, 11) is 0. The smallest absolute Gasteiger partial charge is 0.243 e. The average molecular weight is 370 g/mol. The van der Waals surface area contributed by atoms with Crippen molar-refractivity contribution in [3.05, 3.63) is 77.1 Å². The van der Waals surface area contributed by atoms with E-state index in [1.807, 2.05) is 18.2 Å². The topological polar surface area (TPSA) is 53.2 Å². The highest BCUT2D eigenvalue weighted by molar-refractivity contribution is 6.31. The van der Waals surface area contributed by atoms with Gasteiger partial charge in [0, 0.05) is 6.04 Å². The molecule has 0 bridgehead atoms. The van der Waals surface area contributed by atoms with Crippen LogP contribution >= 0.6 is 11.6 Å². The molecule has 2 unspecified atom stereocenters. The molecule has 26 heavy (non-hydrogen) atoms. The lowest BCUT2D eigenvalue weighted by Gasteiger charge is -2.13. The normalized spacial score (nSPS) is 19.6. The third-order valence-electron chi connectivity index (χ3n) is 4.63. The molecule has 1 aliphatic rings. The molecule has 0 aliphatic carbocycles. The Morgan fingerprint density at radius 2 is 1.81 bits per heavy atom. The van der Waals surface area contributed by atoms with E-state index in [1.165, 1.54) is 12.1 Å². The van der Waals surface area contributed by atoms with Crippen molar-refractivity contribution in [1.82, 2.24) is 10.9 Å². The third kappa shape index (κ3) is 3.17. The first-order valence-corrected chi connectivity index (χ1v) is 8.75. The number of nitrogens with one attached hydrogen (secondary N) is 3. The van der Waals surface area contributed by atoms with Crippen molar-refractivity contribution in [2.24, 2.45) is 0 Å². The van der Waals surface area contributed by atoms with Gasteiger partial charge in [0.1, 0.15) is 6.04 Å². The van der Waals surface area contributed by atoms with Crippen LogP contribution in [0.1, 0.15) is 18.0 Å². The Bertz CT molecular complexity index is 973. The van der Waals surface area contributed by atoms with E-state index in [0.29, 0.717) is 6.42 Å². The molecule has 0 spiro atoms. The Morgan fingerprint density at radius 1 is 1.04 bits per heavy atom. The van der Waals surface area contributed by atoms with Gasteiger partial charge in [-0.05, 0) is 34.9 Å². The lowest BCUT2D eigenvalue weighted by atomic mass is 9.96. The second-order valence-electron chi connectivity index (χ2n) is 6.29.